The van der Waals surface area contributed by atoms with Crippen LogP contribution in [0, 0.1) is 11.8 Å². The van der Waals surface area contributed by atoms with Crippen molar-refractivity contribution in [2.45, 2.75) is 89.7 Å². The number of likely N-dealkylation sites (tertiary alicyclic amines) is 1. The zero-order valence-corrected chi connectivity index (χ0v) is 15.3. The van der Waals surface area contributed by atoms with Gasteiger partial charge in [0.15, 0.2) is 0 Å². The van der Waals surface area contributed by atoms with E-state index < -0.39 is 0 Å². The van der Waals surface area contributed by atoms with Gasteiger partial charge in [-0.25, -0.2) is 0 Å². The molecule has 0 amide bonds. The molecular formula is C21H33NO2. The highest BCUT2D eigenvalue weighted by molar-refractivity contribution is 5.73. The van der Waals surface area contributed by atoms with Crippen LogP contribution in [0.2, 0.25) is 0 Å². The van der Waals surface area contributed by atoms with E-state index in [1.54, 1.807) is 5.57 Å². The van der Waals surface area contributed by atoms with E-state index >= 15 is 0 Å². The van der Waals surface area contributed by atoms with Gasteiger partial charge in [0.2, 0.25) is 0 Å². The van der Waals surface area contributed by atoms with Gasteiger partial charge in [0.1, 0.15) is 6.10 Å². The van der Waals surface area contributed by atoms with Gasteiger partial charge in [0.25, 0.3) is 0 Å². The van der Waals surface area contributed by atoms with Crippen LogP contribution in [0.25, 0.3) is 0 Å². The molecule has 24 heavy (non-hydrogen) atoms. The molecule has 1 heterocycles. The molecule has 4 aliphatic rings. The smallest absolute Gasteiger partial charge is 0.309 e. The molecule has 4 rings (SSSR count). The Bertz CT molecular complexity index is 506. The highest BCUT2D eigenvalue weighted by Gasteiger charge is 2.40. The summed E-state index contributed by atoms with van der Waals surface area (Å²) in [6.45, 7) is 4.84. The maximum atomic E-state index is 12.3. The zero-order chi connectivity index (χ0) is 16.5. The zero-order valence-electron chi connectivity index (χ0n) is 15.3. The van der Waals surface area contributed by atoms with Crippen molar-refractivity contribution < 1.29 is 9.53 Å². The van der Waals surface area contributed by atoms with Gasteiger partial charge in [-0.2, -0.15) is 0 Å². The quantitative estimate of drug-likeness (QED) is 0.562. The molecule has 1 aliphatic heterocycles. The molecule has 3 heteroatoms. The van der Waals surface area contributed by atoms with Crippen molar-refractivity contribution in [2.24, 2.45) is 11.8 Å². The van der Waals surface area contributed by atoms with E-state index in [2.05, 4.69) is 11.8 Å². The van der Waals surface area contributed by atoms with Gasteiger partial charge in [-0.3, -0.25) is 9.69 Å². The highest BCUT2D eigenvalue weighted by Crippen LogP contribution is 2.44. The number of hydrogen-bond acceptors (Lipinski definition) is 3. The molecule has 0 N–H and O–H groups in total. The summed E-state index contributed by atoms with van der Waals surface area (Å²) < 4.78 is 6.01. The molecule has 2 fully saturated rings. The largest absolute Gasteiger partial charge is 0.458 e. The third-order valence-electron chi connectivity index (χ3n) is 6.97. The Labute approximate surface area is 146 Å². The molecule has 3 aliphatic carbocycles. The predicted molar refractivity (Wildman–Crippen MR) is 95.7 cm³/mol. The van der Waals surface area contributed by atoms with E-state index in [0.717, 1.165) is 31.2 Å². The van der Waals surface area contributed by atoms with Gasteiger partial charge >= 0.3 is 5.97 Å². The Kier molecular flexibility index (Phi) is 4.98. The number of rotatable bonds is 4. The number of nitrogens with zero attached hydrogens (tertiary/aromatic N) is 1. The van der Waals surface area contributed by atoms with Crippen molar-refractivity contribution in [3.63, 3.8) is 0 Å². The molecule has 1 saturated heterocycles. The number of fused-ring (bicyclic) bond motifs is 1. The first kappa shape index (κ1) is 16.6. The number of carbonyl (C=O) groups excluding carboxylic acids is 1. The second-order valence-electron chi connectivity index (χ2n) is 8.49. The van der Waals surface area contributed by atoms with Gasteiger partial charge in [-0.15, -0.1) is 0 Å². The summed E-state index contributed by atoms with van der Waals surface area (Å²) >= 11 is 0. The molecular weight excluding hydrogens is 298 g/mol. The lowest BCUT2D eigenvalue weighted by molar-refractivity contribution is -0.156. The summed E-state index contributed by atoms with van der Waals surface area (Å²) in [7, 11) is 0. The molecule has 0 aromatic heterocycles. The number of ether oxygens (including phenoxy) is 1. The molecule has 0 aromatic carbocycles. The Balaban J connectivity index is 1.48. The lowest BCUT2D eigenvalue weighted by Crippen LogP contribution is -2.48. The molecule has 3 nitrogen and oxygen atoms in total. The van der Waals surface area contributed by atoms with Crippen molar-refractivity contribution in [1.82, 2.24) is 4.90 Å². The van der Waals surface area contributed by atoms with Crippen LogP contribution in [0.5, 0.6) is 0 Å². The van der Waals surface area contributed by atoms with E-state index in [1.165, 1.54) is 70.0 Å². The van der Waals surface area contributed by atoms with E-state index in [4.69, 9.17) is 4.74 Å². The minimum atomic E-state index is 0.0957. The summed E-state index contributed by atoms with van der Waals surface area (Å²) in [6, 6.07) is 0.763. The minimum absolute atomic E-state index is 0.0957. The predicted octanol–water partition coefficient (Wildman–Crippen LogP) is 4.46. The van der Waals surface area contributed by atoms with E-state index in [1.807, 2.05) is 0 Å². The fourth-order valence-electron chi connectivity index (χ4n) is 5.43. The Morgan fingerprint density at radius 1 is 1.12 bits per heavy atom. The molecule has 0 bridgehead atoms. The normalized spacial score (nSPS) is 34.3. The summed E-state index contributed by atoms with van der Waals surface area (Å²) in [5, 5.41) is 0. The van der Waals surface area contributed by atoms with Crippen LogP contribution < -0.4 is 0 Å². The molecule has 134 valence electrons. The Morgan fingerprint density at radius 3 is 2.75 bits per heavy atom. The topological polar surface area (TPSA) is 29.5 Å². The van der Waals surface area contributed by atoms with Crippen LogP contribution in [0.1, 0.15) is 77.6 Å². The number of esters is 1. The van der Waals surface area contributed by atoms with Crippen LogP contribution in [0.3, 0.4) is 0 Å². The van der Waals surface area contributed by atoms with Crippen molar-refractivity contribution >= 4 is 5.97 Å². The van der Waals surface area contributed by atoms with Crippen LogP contribution >= 0.6 is 0 Å². The lowest BCUT2D eigenvalue weighted by atomic mass is 9.70. The van der Waals surface area contributed by atoms with Crippen LogP contribution in [0.15, 0.2) is 11.1 Å². The number of hydrogen-bond donors (Lipinski definition) is 0. The Morgan fingerprint density at radius 2 is 2.00 bits per heavy atom. The van der Waals surface area contributed by atoms with Crippen LogP contribution in [0.4, 0.5) is 0 Å². The van der Waals surface area contributed by atoms with E-state index in [-0.39, 0.29) is 18.0 Å². The van der Waals surface area contributed by atoms with Crippen molar-refractivity contribution in [2.75, 3.05) is 13.1 Å². The molecule has 3 atom stereocenters. The minimum Gasteiger partial charge on any atom is -0.458 e. The fraction of sp³-hybridized carbons (Fsp3) is 0.857. The number of piperidine rings is 1. The summed E-state index contributed by atoms with van der Waals surface area (Å²) in [4.78, 5) is 15.1. The van der Waals surface area contributed by atoms with Gasteiger partial charge < -0.3 is 4.74 Å². The SMILES string of the molecule is CCCN1CCCC2CC3=C(CCCC3OC(=O)C3CCC3)CC21. The lowest BCUT2D eigenvalue weighted by Gasteiger charge is -2.47. The van der Waals surface area contributed by atoms with Crippen molar-refractivity contribution in [3.05, 3.63) is 11.1 Å². The Hall–Kier alpha value is -0.830. The molecule has 0 aromatic rings. The second-order valence-corrected chi connectivity index (χ2v) is 8.49. The molecule has 3 unspecified atom stereocenters. The maximum Gasteiger partial charge on any atom is 0.309 e. The second kappa shape index (κ2) is 7.19. The highest BCUT2D eigenvalue weighted by atomic mass is 16.5. The monoisotopic (exact) mass is 331 g/mol. The average Bonchev–Trinajstić information content (AvgIpc) is 2.53. The molecule has 0 radical (unpaired) electrons. The fourth-order valence-corrected chi connectivity index (χ4v) is 5.43. The molecule has 0 spiro atoms. The first-order chi connectivity index (χ1) is 11.8. The van der Waals surface area contributed by atoms with Gasteiger partial charge in [0, 0.05) is 6.04 Å². The first-order valence-electron chi connectivity index (χ1n) is 10.4. The summed E-state index contributed by atoms with van der Waals surface area (Å²) in [5.74, 6) is 1.10. The average molecular weight is 332 g/mol. The standard InChI is InChI=1S/C21H33NO2/c1-2-11-22-12-5-9-17-13-18-16(14-19(17)22)8-4-10-20(18)24-21(23)15-6-3-7-15/h15,17,19-20H,2-14H2,1H3. The number of carbonyl (C=O) groups is 1. The third-order valence-corrected chi connectivity index (χ3v) is 6.97. The first-order valence-corrected chi connectivity index (χ1v) is 10.4. The van der Waals surface area contributed by atoms with E-state index in [9.17, 15) is 4.79 Å². The van der Waals surface area contributed by atoms with Gasteiger partial charge in [-0.1, -0.05) is 18.9 Å². The summed E-state index contributed by atoms with van der Waals surface area (Å²) in [5.41, 5.74) is 3.19. The summed E-state index contributed by atoms with van der Waals surface area (Å²) in [6.07, 6.45) is 13.3. The van der Waals surface area contributed by atoms with Gasteiger partial charge in [-0.05, 0) is 88.8 Å². The third kappa shape index (κ3) is 3.16. The van der Waals surface area contributed by atoms with Crippen LogP contribution in [-0.2, 0) is 9.53 Å². The maximum absolute atomic E-state index is 12.3. The van der Waals surface area contributed by atoms with Crippen molar-refractivity contribution in [3.8, 4) is 0 Å². The molecule has 1 saturated carbocycles. The van der Waals surface area contributed by atoms with Crippen molar-refractivity contribution in [1.29, 1.82) is 0 Å². The van der Waals surface area contributed by atoms with E-state index in [0.29, 0.717) is 0 Å². The van der Waals surface area contributed by atoms with Gasteiger partial charge in [0.05, 0.1) is 5.92 Å². The van der Waals surface area contributed by atoms with Crippen LogP contribution in [-0.4, -0.2) is 36.1 Å².